The fraction of sp³-hybridized carbons (Fsp3) is 0.143. The molecule has 4 nitrogen and oxygen atoms in total. The number of hydrogen-bond acceptors (Lipinski definition) is 3. The van der Waals surface area contributed by atoms with E-state index in [2.05, 4.69) is 17.9 Å². The monoisotopic (exact) mass is 194 g/mol. The van der Waals surface area contributed by atoms with E-state index in [0.717, 1.165) is 12.3 Å². The van der Waals surface area contributed by atoms with E-state index < -0.39 is 5.97 Å². The average Bonchev–Trinajstić information content (AvgIpc) is 1.89. The van der Waals surface area contributed by atoms with Gasteiger partial charge in [0.1, 0.15) is 0 Å². The van der Waals surface area contributed by atoms with Crippen LogP contribution in [-0.4, -0.2) is 17.0 Å². The number of carbonyl (C=O) groups excluding carboxylic acids is 1. The maximum Gasteiger partial charge on any atom is 0.327 e. The van der Waals surface area contributed by atoms with E-state index >= 15 is 0 Å². The summed E-state index contributed by atoms with van der Waals surface area (Å²) in [7, 11) is 0. The molecule has 5 heteroatoms. The standard InChI is InChI=1S/C4H6O2.C3H4O2.ClH/c1-3-6-4(2)5;1-2-3(4)5;/h3H,1H2,2H3;2H,1H2,(H,4,5);1H. The molecule has 70 valence electrons. The van der Waals surface area contributed by atoms with Gasteiger partial charge in [0.05, 0.1) is 6.26 Å². The van der Waals surface area contributed by atoms with Crippen LogP contribution in [0, 0.1) is 0 Å². The molecule has 0 spiro atoms. The second-order valence-electron chi connectivity index (χ2n) is 1.32. The molecular weight excluding hydrogens is 184 g/mol. The van der Waals surface area contributed by atoms with Crippen molar-refractivity contribution in [3.63, 3.8) is 0 Å². The van der Waals surface area contributed by atoms with Crippen molar-refractivity contribution in [1.82, 2.24) is 0 Å². The van der Waals surface area contributed by atoms with Crippen LogP contribution in [0.3, 0.4) is 0 Å². The smallest absolute Gasteiger partial charge is 0.327 e. The van der Waals surface area contributed by atoms with Crippen LogP contribution in [0.2, 0.25) is 0 Å². The molecule has 0 aromatic heterocycles. The molecule has 0 rings (SSSR count). The third-order valence-electron chi connectivity index (χ3n) is 0.424. The third kappa shape index (κ3) is 37.6. The van der Waals surface area contributed by atoms with E-state index in [4.69, 9.17) is 5.11 Å². The van der Waals surface area contributed by atoms with Crippen LogP contribution in [0.4, 0.5) is 0 Å². The molecule has 0 aliphatic heterocycles. The molecule has 0 aliphatic rings. The van der Waals surface area contributed by atoms with Gasteiger partial charge in [0, 0.05) is 13.0 Å². The lowest BCUT2D eigenvalue weighted by Gasteiger charge is -1.83. The zero-order valence-electron chi connectivity index (χ0n) is 6.65. The Kier molecular flexibility index (Phi) is 17.5. The van der Waals surface area contributed by atoms with Gasteiger partial charge in [-0.15, -0.1) is 12.4 Å². The minimum absolute atomic E-state index is 0. The number of halogens is 1. The molecule has 0 unspecified atom stereocenters. The van der Waals surface area contributed by atoms with Crippen molar-refractivity contribution in [3.05, 3.63) is 25.5 Å². The summed E-state index contributed by atoms with van der Waals surface area (Å²) < 4.78 is 4.17. The third-order valence-corrected chi connectivity index (χ3v) is 0.424. The highest BCUT2D eigenvalue weighted by Gasteiger charge is 1.79. The minimum atomic E-state index is -0.981. The van der Waals surface area contributed by atoms with Crippen LogP contribution in [0.5, 0.6) is 0 Å². The number of carboxylic acid groups (broad SMARTS) is 1. The first-order valence-corrected chi connectivity index (χ1v) is 2.68. The number of carboxylic acids is 1. The summed E-state index contributed by atoms with van der Waals surface area (Å²) in [5.74, 6) is -1.31. The van der Waals surface area contributed by atoms with E-state index in [1.165, 1.54) is 6.92 Å². The summed E-state index contributed by atoms with van der Waals surface area (Å²) in [6.07, 6.45) is 1.93. The van der Waals surface area contributed by atoms with Crippen molar-refractivity contribution in [2.75, 3.05) is 0 Å². The van der Waals surface area contributed by atoms with Crippen molar-refractivity contribution < 1.29 is 19.4 Å². The lowest BCUT2D eigenvalue weighted by atomic mass is 10.7. The van der Waals surface area contributed by atoms with Gasteiger partial charge in [-0.1, -0.05) is 13.2 Å². The second-order valence-corrected chi connectivity index (χ2v) is 1.32. The number of carbonyl (C=O) groups is 2. The predicted molar refractivity (Wildman–Crippen MR) is 47.0 cm³/mol. The van der Waals surface area contributed by atoms with E-state index in [-0.39, 0.29) is 18.4 Å². The number of aliphatic carboxylic acids is 1. The maximum absolute atomic E-state index is 9.75. The molecule has 0 aromatic carbocycles. The molecule has 1 N–H and O–H groups in total. The first-order valence-electron chi connectivity index (χ1n) is 2.68. The van der Waals surface area contributed by atoms with Gasteiger partial charge in [0.25, 0.3) is 0 Å². The Morgan fingerprint density at radius 2 is 1.75 bits per heavy atom. The average molecular weight is 195 g/mol. The molecule has 0 amide bonds. The van der Waals surface area contributed by atoms with Crippen LogP contribution in [0.1, 0.15) is 6.92 Å². The number of rotatable bonds is 2. The Bertz CT molecular complexity index is 165. The van der Waals surface area contributed by atoms with Gasteiger partial charge < -0.3 is 9.84 Å². The molecule has 0 saturated heterocycles. The molecule has 0 radical (unpaired) electrons. The molecule has 0 heterocycles. The normalized spacial score (nSPS) is 6.08. The summed E-state index contributed by atoms with van der Waals surface area (Å²) in [6.45, 7) is 7.44. The van der Waals surface area contributed by atoms with Crippen LogP contribution in [0.15, 0.2) is 25.5 Å². The summed E-state index contributed by atoms with van der Waals surface area (Å²) in [4.78, 5) is 19.0. The summed E-state index contributed by atoms with van der Waals surface area (Å²) in [6, 6.07) is 0. The topological polar surface area (TPSA) is 63.6 Å². The largest absolute Gasteiger partial charge is 0.478 e. The van der Waals surface area contributed by atoms with Gasteiger partial charge in [0.15, 0.2) is 0 Å². The van der Waals surface area contributed by atoms with Crippen molar-refractivity contribution in [1.29, 1.82) is 0 Å². The second kappa shape index (κ2) is 12.4. The maximum atomic E-state index is 9.75. The van der Waals surface area contributed by atoms with Gasteiger partial charge in [-0.3, -0.25) is 4.79 Å². The summed E-state index contributed by atoms with van der Waals surface area (Å²) >= 11 is 0. The molecular formula is C7H11ClO4. The van der Waals surface area contributed by atoms with Gasteiger partial charge in [-0.2, -0.15) is 0 Å². The van der Waals surface area contributed by atoms with Crippen LogP contribution in [-0.2, 0) is 14.3 Å². The molecule has 0 saturated carbocycles. The quantitative estimate of drug-likeness (QED) is 0.410. The highest BCUT2D eigenvalue weighted by molar-refractivity contribution is 5.85. The van der Waals surface area contributed by atoms with Gasteiger partial charge in [-0.25, -0.2) is 4.79 Å². The Hall–Kier alpha value is -1.29. The lowest BCUT2D eigenvalue weighted by Crippen LogP contribution is -1.87. The van der Waals surface area contributed by atoms with E-state index in [1.54, 1.807) is 0 Å². The SMILES string of the molecule is C=CC(=O)O.C=COC(C)=O.Cl. The zero-order chi connectivity index (χ0) is 9.28. The van der Waals surface area contributed by atoms with Crippen molar-refractivity contribution in [2.24, 2.45) is 0 Å². The van der Waals surface area contributed by atoms with E-state index in [1.807, 2.05) is 0 Å². The molecule has 0 bridgehead atoms. The first kappa shape index (κ1) is 17.0. The van der Waals surface area contributed by atoms with Gasteiger partial charge in [-0.05, 0) is 0 Å². The predicted octanol–water partition coefficient (Wildman–Crippen LogP) is 1.37. The Morgan fingerprint density at radius 1 is 1.42 bits per heavy atom. The van der Waals surface area contributed by atoms with Gasteiger partial charge >= 0.3 is 11.9 Å². The molecule has 0 aromatic rings. The number of esters is 1. The number of hydrogen-bond donors (Lipinski definition) is 1. The Balaban J connectivity index is -0.000000126. The highest BCUT2D eigenvalue weighted by atomic mass is 35.5. The van der Waals surface area contributed by atoms with E-state index in [9.17, 15) is 9.59 Å². The fourth-order valence-electron chi connectivity index (χ4n) is 0.117. The molecule has 0 fully saturated rings. The van der Waals surface area contributed by atoms with Crippen molar-refractivity contribution >= 4 is 24.3 Å². The fourth-order valence-corrected chi connectivity index (χ4v) is 0.117. The molecule has 0 atom stereocenters. The highest BCUT2D eigenvalue weighted by Crippen LogP contribution is 1.70. The molecule has 0 aliphatic carbocycles. The van der Waals surface area contributed by atoms with Crippen LogP contribution in [0.25, 0.3) is 0 Å². The minimum Gasteiger partial charge on any atom is -0.478 e. The van der Waals surface area contributed by atoms with Crippen LogP contribution >= 0.6 is 12.4 Å². The summed E-state index contributed by atoms with van der Waals surface area (Å²) in [5, 5.41) is 7.60. The lowest BCUT2D eigenvalue weighted by molar-refractivity contribution is -0.135. The number of ether oxygens (including phenoxy) is 1. The van der Waals surface area contributed by atoms with Gasteiger partial charge in [0.2, 0.25) is 0 Å². The van der Waals surface area contributed by atoms with E-state index in [0.29, 0.717) is 0 Å². The molecule has 12 heavy (non-hydrogen) atoms. The first-order chi connectivity index (χ1) is 5.04. The Morgan fingerprint density at radius 3 is 1.75 bits per heavy atom. The van der Waals surface area contributed by atoms with Crippen molar-refractivity contribution in [3.8, 4) is 0 Å². The van der Waals surface area contributed by atoms with Crippen molar-refractivity contribution in [2.45, 2.75) is 6.92 Å². The zero-order valence-corrected chi connectivity index (χ0v) is 7.47. The van der Waals surface area contributed by atoms with Crippen LogP contribution < -0.4 is 0 Å². The Labute approximate surface area is 76.9 Å². The summed E-state index contributed by atoms with van der Waals surface area (Å²) in [5.41, 5.74) is 0.